The molecule has 1 unspecified atom stereocenters. The third-order valence-electron chi connectivity index (χ3n) is 7.66. The van der Waals surface area contributed by atoms with E-state index < -0.39 is 42.6 Å². The van der Waals surface area contributed by atoms with Gasteiger partial charge in [0, 0.05) is 46.1 Å². The number of likely N-dealkylation sites (tertiary alicyclic amines) is 2. The first-order chi connectivity index (χ1) is 19.7. The summed E-state index contributed by atoms with van der Waals surface area (Å²) in [5.74, 6) is 5.81. The van der Waals surface area contributed by atoms with Crippen LogP contribution in [-0.2, 0) is 19.1 Å². The first-order valence-electron chi connectivity index (χ1n) is 13.7. The van der Waals surface area contributed by atoms with Gasteiger partial charge < -0.3 is 40.5 Å². The summed E-state index contributed by atoms with van der Waals surface area (Å²) < 4.78 is 12.5. The van der Waals surface area contributed by atoms with Crippen molar-refractivity contribution in [3.63, 3.8) is 0 Å². The van der Waals surface area contributed by atoms with Crippen molar-refractivity contribution in [2.75, 3.05) is 39.0 Å². The number of likely N-dealkylation sites (N-methyl/N-ethyl adjacent to an activating group) is 2. The first-order valence-corrected chi connectivity index (χ1v) is 13.7. The SMILES string of the molecule is CCNC(=O)[C@H]1O[C@@H](n2cnc3c(N)nc(C#CCC4CCN(C(=O)OC5CCN(C)C5=O)CC4)nc32)[C@H](O)[C@@H]1O. The number of aromatic nitrogens is 4. The Morgan fingerprint density at radius 1 is 1.20 bits per heavy atom. The summed E-state index contributed by atoms with van der Waals surface area (Å²) >= 11 is 0. The van der Waals surface area contributed by atoms with Crippen LogP contribution in [0.2, 0.25) is 0 Å². The predicted molar refractivity (Wildman–Crippen MR) is 143 cm³/mol. The van der Waals surface area contributed by atoms with Gasteiger partial charge in [0.25, 0.3) is 11.8 Å². The number of piperidine rings is 1. The average Bonchev–Trinajstić information content (AvgIpc) is 3.61. The van der Waals surface area contributed by atoms with Gasteiger partial charge in [-0.2, -0.15) is 0 Å². The third kappa shape index (κ3) is 5.76. The van der Waals surface area contributed by atoms with Crippen LogP contribution in [0.4, 0.5) is 10.6 Å². The molecule has 15 nitrogen and oxygen atoms in total. The van der Waals surface area contributed by atoms with Crippen molar-refractivity contribution in [2.45, 2.75) is 63.3 Å². The minimum Gasteiger partial charge on any atom is -0.436 e. The molecule has 2 aromatic heterocycles. The number of amides is 3. The number of fused-ring (bicyclic) bond motifs is 1. The van der Waals surface area contributed by atoms with Gasteiger partial charge in [0.05, 0.1) is 6.33 Å². The van der Waals surface area contributed by atoms with Crippen LogP contribution in [0.1, 0.15) is 44.7 Å². The summed E-state index contributed by atoms with van der Waals surface area (Å²) in [5.41, 5.74) is 6.61. The van der Waals surface area contributed by atoms with Crippen LogP contribution in [0.3, 0.4) is 0 Å². The van der Waals surface area contributed by atoms with Gasteiger partial charge in [0.2, 0.25) is 5.82 Å². The summed E-state index contributed by atoms with van der Waals surface area (Å²) in [6.45, 7) is 3.70. The summed E-state index contributed by atoms with van der Waals surface area (Å²) in [4.78, 5) is 52.8. The van der Waals surface area contributed by atoms with Crippen molar-refractivity contribution in [3.05, 3.63) is 12.2 Å². The lowest BCUT2D eigenvalue weighted by Crippen LogP contribution is -2.42. The highest BCUT2D eigenvalue weighted by Crippen LogP contribution is 2.32. The molecule has 0 radical (unpaired) electrons. The van der Waals surface area contributed by atoms with E-state index in [9.17, 15) is 24.6 Å². The van der Waals surface area contributed by atoms with Crippen molar-refractivity contribution in [1.82, 2.24) is 34.6 Å². The Bertz CT molecular complexity index is 1380. The highest BCUT2D eigenvalue weighted by atomic mass is 16.6. The normalized spacial score (nSPS) is 26.7. The van der Waals surface area contributed by atoms with Crippen LogP contribution in [0, 0.1) is 17.8 Å². The molecule has 0 aliphatic carbocycles. The fraction of sp³-hybridized carbons (Fsp3) is 0.615. The summed E-state index contributed by atoms with van der Waals surface area (Å²) in [5, 5.41) is 23.5. The molecule has 5 atom stereocenters. The summed E-state index contributed by atoms with van der Waals surface area (Å²) in [6.07, 6.45) is -2.49. The fourth-order valence-electron chi connectivity index (χ4n) is 5.25. The topological polar surface area (TPSA) is 198 Å². The average molecular weight is 571 g/mol. The number of anilines is 1. The van der Waals surface area contributed by atoms with Gasteiger partial charge in [-0.25, -0.2) is 19.7 Å². The van der Waals surface area contributed by atoms with Gasteiger partial charge >= 0.3 is 6.09 Å². The number of nitrogens with two attached hydrogens (primary N) is 1. The summed E-state index contributed by atoms with van der Waals surface area (Å²) in [7, 11) is 1.69. The molecule has 0 saturated carbocycles. The number of nitrogen functional groups attached to an aromatic ring is 1. The number of imidazole rings is 1. The van der Waals surface area contributed by atoms with Gasteiger partial charge in [-0.15, -0.1) is 0 Å². The fourth-order valence-corrected chi connectivity index (χ4v) is 5.25. The molecule has 15 heteroatoms. The smallest absolute Gasteiger partial charge is 0.410 e. The molecule has 3 aliphatic rings. The van der Waals surface area contributed by atoms with E-state index in [0.717, 1.165) is 12.8 Å². The number of carbonyl (C=O) groups excluding carboxylic acids is 3. The Kier molecular flexibility index (Phi) is 8.25. The quantitative estimate of drug-likeness (QED) is 0.321. The minimum absolute atomic E-state index is 0.0881. The third-order valence-corrected chi connectivity index (χ3v) is 7.66. The maximum atomic E-state index is 12.5. The number of rotatable bonds is 5. The van der Waals surface area contributed by atoms with Crippen molar-refractivity contribution in [1.29, 1.82) is 0 Å². The molecule has 5 N–H and O–H groups in total. The van der Waals surface area contributed by atoms with E-state index in [1.807, 2.05) is 0 Å². The maximum absolute atomic E-state index is 12.5. The summed E-state index contributed by atoms with van der Waals surface area (Å²) in [6, 6.07) is 0. The molecule has 2 aromatic rings. The van der Waals surface area contributed by atoms with Crippen LogP contribution in [0.5, 0.6) is 0 Å². The Balaban J connectivity index is 1.20. The van der Waals surface area contributed by atoms with Gasteiger partial charge in [-0.3, -0.25) is 14.2 Å². The number of ether oxygens (including phenoxy) is 2. The minimum atomic E-state index is -1.44. The molecule has 3 aliphatic heterocycles. The van der Waals surface area contributed by atoms with E-state index in [2.05, 4.69) is 32.1 Å². The zero-order valence-corrected chi connectivity index (χ0v) is 22.9. The van der Waals surface area contributed by atoms with Crippen LogP contribution < -0.4 is 11.1 Å². The van der Waals surface area contributed by atoms with Crippen molar-refractivity contribution in [3.8, 4) is 11.8 Å². The second kappa shape index (κ2) is 11.9. The van der Waals surface area contributed by atoms with E-state index in [1.165, 1.54) is 10.9 Å². The molecule has 3 fully saturated rings. The van der Waals surface area contributed by atoms with Gasteiger partial charge in [0.15, 0.2) is 29.9 Å². The Labute approximate surface area is 236 Å². The molecule has 0 aromatic carbocycles. The number of aliphatic hydroxyl groups is 2. The van der Waals surface area contributed by atoms with Crippen LogP contribution in [0.25, 0.3) is 11.2 Å². The lowest BCUT2D eigenvalue weighted by Gasteiger charge is -2.31. The molecule has 5 rings (SSSR count). The Morgan fingerprint density at radius 3 is 2.63 bits per heavy atom. The number of carbonyl (C=O) groups is 3. The van der Waals surface area contributed by atoms with Crippen LogP contribution in [0.15, 0.2) is 6.33 Å². The van der Waals surface area contributed by atoms with Gasteiger partial charge in [-0.05, 0) is 31.6 Å². The van der Waals surface area contributed by atoms with Crippen molar-refractivity contribution >= 4 is 34.9 Å². The van der Waals surface area contributed by atoms with E-state index in [-0.39, 0.29) is 34.6 Å². The number of aliphatic hydroxyl groups excluding tert-OH is 2. The van der Waals surface area contributed by atoms with Crippen molar-refractivity contribution in [2.24, 2.45) is 5.92 Å². The van der Waals surface area contributed by atoms with E-state index in [1.54, 1.807) is 23.8 Å². The van der Waals surface area contributed by atoms with Gasteiger partial charge in [-0.1, -0.05) is 5.92 Å². The van der Waals surface area contributed by atoms with E-state index in [0.29, 0.717) is 39.0 Å². The number of hydrogen-bond donors (Lipinski definition) is 4. The van der Waals surface area contributed by atoms with E-state index in [4.69, 9.17) is 15.2 Å². The number of nitrogens with one attached hydrogen (secondary N) is 1. The highest BCUT2D eigenvalue weighted by Gasteiger charge is 2.47. The largest absolute Gasteiger partial charge is 0.436 e. The lowest BCUT2D eigenvalue weighted by atomic mass is 9.94. The second-order valence-corrected chi connectivity index (χ2v) is 10.4. The predicted octanol–water partition coefficient (Wildman–Crippen LogP) is -1.02. The molecular weight excluding hydrogens is 536 g/mol. The van der Waals surface area contributed by atoms with Crippen LogP contribution >= 0.6 is 0 Å². The van der Waals surface area contributed by atoms with Gasteiger partial charge in [0.1, 0.15) is 17.7 Å². The Hall–Kier alpha value is -4.00. The lowest BCUT2D eigenvalue weighted by molar-refractivity contribution is -0.137. The zero-order valence-electron chi connectivity index (χ0n) is 22.9. The molecule has 3 saturated heterocycles. The number of nitrogens with zero attached hydrogens (tertiary/aromatic N) is 6. The first kappa shape index (κ1) is 28.5. The molecule has 3 amide bonds. The zero-order chi connectivity index (χ0) is 29.3. The standard InChI is InChI=1S/C26H34N8O7/c1-3-28-23(37)20-18(35)19(36)25(41-20)34-13-29-17-21(27)30-16(31-22(17)34)6-4-5-14-7-11-33(12-8-14)26(39)40-15-9-10-32(2)24(15)38/h13-15,18-20,25,35-36H,3,5,7-12H2,1-2H3,(H,28,37)(H2,27,30,31)/t15?,18-,19+,20-,25+/m0/s1. The monoisotopic (exact) mass is 570 g/mol. The van der Waals surface area contributed by atoms with Crippen LogP contribution in [-0.4, -0.2) is 115 Å². The molecule has 0 spiro atoms. The number of hydrogen-bond acceptors (Lipinski definition) is 11. The maximum Gasteiger partial charge on any atom is 0.410 e. The highest BCUT2D eigenvalue weighted by molar-refractivity contribution is 5.85. The second-order valence-electron chi connectivity index (χ2n) is 10.4. The van der Waals surface area contributed by atoms with E-state index >= 15 is 0 Å². The Morgan fingerprint density at radius 2 is 1.95 bits per heavy atom. The molecular formula is C26H34N8O7. The molecule has 220 valence electrons. The van der Waals surface area contributed by atoms with Crippen molar-refractivity contribution < 1.29 is 34.1 Å². The molecule has 0 bridgehead atoms. The molecule has 41 heavy (non-hydrogen) atoms. The molecule has 5 heterocycles.